The van der Waals surface area contributed by atoms with Gasteiger partial charge in [0.1, 0.15) is 0 Å². The van der Waals surface area contributed by atoms with Gasteiger partial charge < -0.3 is 10.1 Å². The van der Waals surface area contributed by atoms with Gasteiger partial charge in [-0.05, 0) is 72.7 Å². The van der Waals surface area contributed by atoms with Crippen LogP contribution in [-0.4, -0.2) is 18.6 Å². The Morgan fingerprint density at radius 3 is 2.57 bits per heavy atom. The second-order valence-corrected chi connectivity index (χ2v) is 6.54. The lowest BCUT2D eigenvalue weighted by Gasteiger charge is -2.29. The topological polar surface area (TPSA) is 38.3 Å². The van der Waals surface area contributed by atoms with Crippen LogP contribution in [0.2, 0.25) is 0 Å². The molecule has 4 heteroatoms. The highest BCUT2D eigenvalue weighted by atomic mass is 79.9. The maximum absolute atomic E-state index is 11.7. The van der Waals surface area contributed by atoms with Crippen molar-refractivity contribution in [1.82, 2.24) is 0 Å². The number of hydrogen-bond donors (Lipinski definition) is 1. The van der Waals surface area contributed by atoms with E-state index in [0.717, 1.165) is 16.1 Å². The molecule has 0 unspecified atom stereocenters. The van der Waals surface area contributed by atoms with Crippen LogP contribution in [0, 0.1) is 5.92 Å². The summed E-state index contributed by atoms with van der Waals surface area (Å²) >= 11 is 3.55. The first-order valence-electron chi connectivity index (χ1n) is 7.87. The minimum Gasteiger partial charge on any atom is -0.462 e. The van der Waals surface area contributed by atoms with Crippen LogP contribution in [0.15, 0.2) is 22.7 Å². The predicted molar refractivity (Wildman–Crippen MR) is 89.8 cm³/mol. The maximum atomic E-state index is 11.7. The van der Waals surface area contributed by atoms with Crippen LogP contribution in [0.5, 0.6) is 0 Å². The summed E-state index contributed by atoms with van der Waals surface area (Å²) in [6, 6.07) is 6.15. The summed E-state index contributed by atoms with van der Waals surface area (Å²) in [5.74, 6) is 0.630. The van der Waals surface area contributed by atoms with Crippen LogP contribution in [-0.2, 0) is 4.74 Å². The number of carbonyl (C=O) groups excluding carboxylic acids is 1. The third kappa shape index (κ3) is 4.47. The van der Waals surface area contributed by atoms with E-state index in [4.69, 9.17) is 4.74 Å². The second kappa shape index (κ2) is 7.83. The molecule has 1 N–H and O–H groups in total. The number of benzene rings is 1. The minimum atomic E-state index is -0.270. The molecule has 0 aromatic heterocycles. The lowest BCUT2D eigenvalue weighted by atomic mass is 9.84. The molecule has 0 amide bonds. The van der Waals surface area contributed by atoms with Crippen molar-refractivity contribution in [2.75, 3.05) is 11.9 Å². The molecule has 0 atom stereocenters. The molecule has 1 fully saturated rings. The Bertz CT molecular complexity index is 482. The average molecular weight is 354 g/mol. The van der Waals surface area contributed by atoms with Crippen LogP contribution in [0.4, 0.5) is 5.69 Å². The molecule has 0 bridgehead atoms. The summed E-state index contributed by atoms with van der Waals surface area (Å²) < 4.78 is 5.94. The van der Waals surface area contributed by atoms with Gasteiger partial charge in [0.25, 0.3) is 0 Å². The Balaban J connectivity index is 1.97. The highest BCUT2D eigenvalue weighted by Gasteiger charge is 2.20. The highest BCUT2D eigenvalue weighted by Crippen LogP contribution is 2.31. The molecule has 1 saturated carbocycles. The minimum absolute atomic E-state index is 0.270. The fourth-order valence-electron chi connectivity index (χ4n) is 2.91. The van der Waals surface area contributed by atoms with Crippen molar-refractivity contribution in [2.24, 2.45) is 5.92 Å². The second-order valence-electron chi connectivity index (χ2n) is 5.69. The van der Waals surface area contributed by atoms with Crippen LogP contribution in [0.25, 0.3) is 0 Å². The number of rotatable bonds is 5. The average Bonchev–Trinajstić information content (AvgIpc) is 2.50. The van der Waals surface area contributed by atoms with Gasteiger partial charge in [-0.3, -0.25) is 0 Å². The first-order valence-corrected chi connectivity index (χ1v) is 8.66. The first kappa shape index (κ1) is 16.3. The van der Waals surface area contributed by atoms with Crippen LogP contribution < -0.4 is 5.32 Å². The van der Waals surface area contributed by atoms with Crippen molar-refractivity contribution in [3.8, 4) is 0 Å². The van der Waals surface area contributed by atoms with E-state index >= 15 is 0 Å². The number of carbonyl (C=O) groups is 1. The van der Waals surface area contributed by atoms with E-state index in [1.807, 2.05) is 25.1 Å². The molecule has 1 aromatic rings. The van der Waals surface area contributed by atoms with Crippen LogP contribution >= 0.6 is 15.9 Å². The molecule has 0 aliphatic heterocycles. The standard InChI is InChI=1S/C17H24BrNO2/c1-3-12-5-8-14(9-6-12)19-16-10-7-13(11-15(16)18)17(20)21-4-2/h7,10-12,14,19H,3-6,8-9H2,1-2H3. The molecule has 1 aromatic carbocycles. The number of halogens is 1. The van der Waals surface area contributed by atoms with Gasteiger partial charge in [-0.25, -0.2) is 4.79 Å². The van der Waals surface area contributed by atoms with Crippen LogP contribution in [0.3, 0.4) is 0 Å². The lowest BCUT2D eigenvalue weighted by molar-refractivity contribution is 0.0526. The zero-order valence-electron chi connectivity index (χ0n) is 12.8. The molecule has 21 heavy (non-hydrogen) atoms. The fraction of sp³-hybridized carbons (Fsp3) is 0.588. The molecule has 3 nitrogen and oxygen atoms in total. The maximum Gasteiger partial charge on any atom is 0.338 e. The molecule has 1 aliphatic carbocycles. The quantitative estimate of drug-likeness (QED) is 0.756. The van der Waals surface area contributed by atoms with Gasteiger partial charge >= 0.3 is 5.97 Å². The molecular formula is C17H24BrNO2. The molecule has 2 rings (SSSR count). The summed E-state index contributed by atoms with van der Waals surface area (Å²) in [6.07, 6.45) is 6.37. The van der Waals surface area contributed by atoms with Gasteiger partial charge in [0.15, 0.2) is 0 Å². The zero-order valence-corrected chi connectivity index (χ0v) is 14.4. The Morgan fingerprint density at radius 2 is 2.00 bits per heavy atom. The van der Waals surface area contributed by atoms with Gasteiger partial charge in [-0.1, -0.05) is 13.3 Å². The van der Waals surface area contributed by atoms with Gasteiger partial charge in [-0.15, -0.1) is 0 Å². The molecule has 116 valence electrons. The van der Waals surface area contributed by atoms with Gasteiger partial charge in [0, 0.05) is 16.2 Å². The van der Waals surface area contributed by atoms with E-state index in [2.05, 4.69) is 28.2 Å². The third-order valence-electron chi connectivity index (χ3n) is 4.26. The summed E-state index contributed by atoms with van der Waals surface area (Å²) in [6.45, 7) is 4.50. The third-order valence-corrected chi connectivity index (χ3v) is 4.92. The Kier molecular flexibility index (Phi) is 6.09. The molecule has 0 heterocycles. The van der Waals surface area contributed by atoms with E-state index in [-0.39, 0.29) is 5.97 Å². The normalized spacial score (nSPS) is 21.9. The Hall–Kier alpha value is -1.03. The van der Waals surface area contributed by atoms with E-state index in [0.29, 0.717) is 18.2 Å². The van der Waals surface area contributed by atoms with Gasteiger partial charge in [0.2, 0.25) is 0 Å². The van der Waals surface area contributed by atoms with E-state index in [1.54, 1.807) is 0 Å². The summed E-state index contributed by atoms with van der Waals surface area (Å²) in [4.78, 5) is 11.7. The van der Waals surface area contributed by atoms with E-state index in [1.165, 1.54) is 32.1 Å². The molecule has 0 radical (unpaired) electrons. The van der Waals surface area contributed by atoms with E-state index < -0.39 is 0 Å². The number of esters is 1. The van der Waals surface area contributed by atoms with Gasteiger partial charge in [0.05, 0.1) is 12.2 Å². The van der Waals surface area contributed by atoms with Crippen molar-refractivity contribution in [3.05, 3.63) is 28.2 Å². The Morgan fingerprint density at radius 1 is 1.29 bits per heavy atom. The molecule has 0 spiro atoms. The number of anilines is 1. The van der Waals surface area contributed by atoms with Crippen molar-refractivity contribution in [3.63, 3.8) is 0 Å². The fourth-order valence-corrected chi connectivity index (χ4v) is 3.40. The number of nitrogens with one attached hydrogen (secondary N) is 1. The highest BCUT2D eigenvalue weighted by molar-refractivity contribution is 9.10. The monoisotopic (exact) mass is 353 g/mol. The lowest BCUT2D eigenvalue weighted by Crippen LogP contribution is -2.26. The first-order chi connectivity index (χ1) is 10.1. The molecule has 0 saturated heterocycles. The molecular weight excluding hydrogens is 330 g/mol. The summed E-state index contributed by atoms with van der Waals surface area (Å²) in [5.41, 5.74) is 1.65. The molecule has 1 aliphatic rings. The zero-order chi connectivity index (χ0) is 15.2. The smallest absolute Gasteiger partial charge is 0.338 e. The van der Waals surface area contributed by atoms with Crippen molar-refractivity contribution < 1.29 is 9.53 Å². The van der Waals surface area contributed by atoms with Crippen molar-refractivity contribution >= 4 is 27.6 Å². The van der Waals surface area contributed by atoms with Crippen molar-refractivity contribution in [2.45, 2.75) is 52.0 Å². The SMILES string of the molecule is CCOC(=O)c1ccc(NC2CCC(CC)CC2)c(Br)c1. The predicted octanol–water partition coefficient (Wildman–Crippen LogP) is 5.01. The summed E-state index contributed by atoms with van der Waals surface area (Å²) in [5, 5.41) is 3.59. The number of ether oxygens (including phenoxy) is 1. The Labute approximate surface area is 135 Å². The number of hydrogen-bond acceptors (Lipinski definition) is 3. The van der Waals surface area contributed by atoms with E-state index in [9.17, 15) is 4.79 Å². The van der Waals surface area contributed by atoms with Gasteiger partial charge in [-0.2, -0.15) is 0 Å². The van der Waals surface area contributed by atoms with Crippen molar-refractivity contribution in [1.29, 1.82) is 0 Å². The summed E-state index contributed by atoms with van der Waals surface area (Å²) in [7, 11) is 0. The van der Waals surface area contributed by atoms with Crippen LogP contribution in [0.1, 0.15) is 56.3 Å². The largest absolute Gasteiger partial charge is 0.462 e.